The van der Waals surface area contributed by atoms with Gasteiger partial charge in [-0.3, -0.25) is 9.13 Å². The van der Waals surface area contributed by atoms with Crippen LogP contribution in [0.3, 0.4) is 0 Å². The van der Waals surface area contributed by atoms with E-state index in [4.69, 9.17) is 9.47 Å². The second-order valence-electron chi connectivity index (χ2n) is 7.72. The van der Waals surface area contributed by atoms with Crippen LogP contribution in [0.4, 0.5) is 0 Å². The first kappa shape index (κ1) is 22.6. The molecule has 0 aliphatic carbocycles. The average Bonchev–Trinajstić information content (AvgIpc) is 3.02. The molecule has 0 radical (unpaired) electrons. The van der Waals surface area contributed by atoms with E-state index in [0.717, 1.165) is 11.3 Å². The van der Waals surface area contributed by atoms with Crippen LogP contribution in [0.1, 0.15) is 49.5 Å². The summed E-state index contributed by atoms with van der Waals surface area (Å²) in [5.74, 6) is 0.575. The van der Waals surface area contributed by atoms with Gasteiger partial charge in [0.15, 0.2) is 0 Å². The van der Waals surface area contributed by atoms with Crippen LogP contribution in [0, 0.1) is 0 Å². The minimum Gasteiger partial charge on any atom is -0.491 e. The molecule has 3 aromatic rings. The fraction of sp³-hybridized carbons (Fsp3) is 0.417. The molecule has 0 fully saturated rings. The van der Waals surface area contributed by atoms with Crippen LogP contribution in [0.2, 0.25) is 0 Å². The lowest BCUT2D eigenvalue weighted by Crippen LogP contribution is -2.31. The molecular formula is C24H30N2O5. The maximum absolute atomic E-state index is 12.9. The van der Waals surface area contributed by atoms with Gasteiger partial charge < -0.3 is 14.6 Å². The molecular weight excluding hydrogens is 396 g/mol. The van der Waals surface area contributed by atoms with Crippen LogP contribution in [0.15, 0.2) is 47.3 Å². The van der Waals surface area contributed by atoms with E-state index >= 15 is 0 Å². The monoisotopic (exact) mass is 426 g/mol. The number of esters is 1. The van der Waals surface area contributed by atoms with Gasteiger partial charge in [0.25, 0.3) is 0 Å². The van der Waals surface area contributed by atoms with Crippen molar-refractivity contribution in [3.8, 4) is 5.75 Å². The zero-order chi connectivity index (χ0) is 22.5. The highest BCUT2D eigenvalue weighted by molar-refractivity contribution is 5.93. The van der Waals surface area contributed by atoms with E-state index in [1.807, 2.05) is 31.2 Å². The minimum atomic E-state index is -0.903. The number of aryl methyl sites for hydroxylation is 1. The van der Waals surface area contributed by atoms with Crippen LogP contribution in [0.5, 0.6) is 5.75 Å². The molecule has 0 saturated heterocycles. The molecule has 2 aromatic carbocycles. The number of aliphatic hydroxyl groups is 1. The topological polar surface area (TPSA) is 82.7 Å². The second kappa shape index (κ2) is 9.83. The number of fused-ring (bicyclic) bond motifs is 1. The van der Waals surface area contributed by atoms with Crippen LogP contribution >= 0.6 is 0 Å². The van der Waals surface area contributed by atoms with Crippen molar-refractivity contribution in [1.82, 2.24) is 9.13 Å². The summed E-state index contributed by atoms with van der Waals surface area (Å²) in [6, 6.07) is 12.8. The molecule has 1 atom stereocenters. The third-order valence-corrected chi connectivity index (χ3v) is 5.21. The predicted octanol–water partition coefficient (Wildman–Crippen LogP) is 3.56. The molecule has 31 heavy (non-hydrogen) atoms. The van der Waals surface area contributed by atoms with E-state index in [0.29, 0.717) is 29.1 Å². The summed E-state index contributed by atoms with van der Waals surface area (Å²) in [5, 5.41) is 10.6. The van der Waals surface area contributed by atoms with Crippen LogP contribution in [0.25, 0.3) is 11.0 Å². The summed E-state index contributed by atoms with van der Waals surface area (Å²) in [7, 11) is 0. The van der Waals surface area contributed by atoms with Crippen molar-refractivity contribution in [2.75, 3.05) is 13.2 Å². The molecule has 1 N–H and O–H groups in total. The number of para-hydroxylation sites is 1. The Balaban J connectivity index is 1.86. The fourth-order valence-corrected chi connectivity index (χ4v) is 3.68. The maximum atomic E-state index is 12.9. The molecule has 0 spiro atoms. The van der Waals surface area contributed by atoms with Gasteiger partial charge in [0.05, 0.1) is 29.7 Å². The molecule has 0 saturated carbocycles. The molecule has 0 bridgehead atoms. The number of hydrogen-bond donors (Lipinski definition) is 1. The Morgan fingerprint density at radius 2 is 1.81 bits per heavy atom. The predicted molar refractivity (Wildman–Crippen MR) is 120 cm³/mol. The lowest BCUT2D eigenvalue weighted by atomic mass is 10.0. The van der Waals surface area contributed by atoms with Crippen molar-refractivity contribution < 1.29 is 19.4 Å². The third-order valence-electron chi connectivity index (χ3n) is 5.21. The van der Waals surface area contributed by atoms with E-state index in [9.17, 15) is 14.7 Å². The average molecular weight is 427 g/mol. The number of ether oxygens (including phenoxy) is 2. The molecule has 1 unspecified atom stereocenters. The van der Waals surface area contributed by atoms with Gasteiger partial charge in [0, 0.05) is 6.54 Å². The van der Waals surface area contributed by atoms with E-state index in [1.54, 1.807) is 29.7 Å². The number of carbonyl (C=O) groups is 1. The number of carbonyl (C=O) groups excluding carboxylic acids is 1. The second-order valence-corrected chi connectivity index (χ2v) is 7.72. The molecule has 7 nitrogen and oxygen atoms in total. The molecule has 1 aromatic heterocycles. The highest BCUT2D eigenvalue weighted by Crippen LogP contribution is 2.26. The first-order valence-electron chi connectivity index (χ1n) is 10.7. The number of nitrogens with zero attached hydrogens (tertiary/aromatic N) is 2. The Labute approximate surface area is 181 Å². The molecule has 0 aliphatic heterocycles. The maximum Gasteiger partial charge on any atom is 0.338 e. The number of imidazole rings is 1. The summed E-state index contributed by atoms with van der Waals surface area (Å²) in [6.45, 7) is 8.65. The zero-order valence-corrected chi connectivity index (χ0v) is 18.5. The molecule has 0 amide bonds. The van der Waals surface area contributed by atoms with Gasteiger partial charge >= 0.3 is 11.7 Å². The highest BCUT2D eigenvalue weighted by atomic mass is 16.5. The Hall–Kier alpha value is -3.06. The zero-order valence-electron chi connectivity index (χ0n) is 18.5. The number of hydrogen-bond acceptors (Lipinski definition) is 5. The van der Waals surface area contributed by atoms with Crippen molar-refractivity contribution in [2.24, 2.45) is 0 Å². The van der Waals surface area contributed by atoms with E-state index in [1.165, 1.54) is 4.57 Å². The number of rotatable bonds is 9. The first-order valence-corrected chi connectivity index (χ1v) is 10.7. The van der Waals surface area contributed by atoms with Crippen LogP contribution in [-0.2, 0) is 17.8 Å². The summed E-state index contributed by atoms with van der Waals surface area (Å²) >= 11 is 0. The Morgan fingerprint density at radius 1 is 1.06 bits per heavy atom. The van der Waals surface area contributed by atoms with E-state index in [2.05, 4.69) is 13.8 Å². The van der Waals surface area contributed by atoms with Crippen molar-refractivity contribution in [2.45, 2.75) is 52.8 Å². The van der Waals surface area contributed by atoms with Gasteiger partial charge in [-0.05, 0) is 49.6 Å². The fourth-order valence-electron chi connectivity index (χ4n) is 3.68. The summed E-state index contributed by atoms with van der Waals surface area (Å²) < 4.78 is 14.0. The van der Waals surface area contributed by atoms with Gasteiger partial charge in [-0.2, -0.15) is 0 Å². The molecule has 166 valence electrons. The van der Waals surface area contributed by atoms with Crippen molar-refractivity contribution in [1.29, 1.82) is 0 Å². The number of aromatic nitrogens is 2. The third kappa shape index (κ3) is 4.82. The molecule has 1 heterocycles. The summed E-state index contributed by atoms with van der Waals surface area (Å²) in [4.78, 5) is 25.1. The molecule has 7 heteroatoms. The van der Waals surface area contributed by atoms with Gasteiger partial charge in [0.1, 0.15) is 18.5 Å². The largest absolute Gasteiger partial charge is 0.491 e. The van der Waals surface area contributed by atoms with Crippen molar-refractivity contribution >= 4 is 17.0 Å². The Morgan fingerprint density at radius 3 is 2.48 bits per heavy atom. The molecule has 0 aliphatic rings. The molecule has 3 rings (SSSR count). The van der Waals surface area contributed by atoms with Gasteiger partial charge in [-0.25, -0.2) is 9.59 Å². The minimum absolute atomic E-state index is 0.0482. The Bertz CT molecular complexity index is 1110. The van der Waals surface area contributed by atoms with Gasteiger partial charge in [-0.15, -0.1) is 0 Å². The van der Waals surface area contributed by atoms with Gasteiger partial charge in [-0.1, -0.05) is 32.0 Å². The normalized spacial score (nSPS) is 12.3. The van der Waals surface area contributed by atoms with Crippen LogP contribution in [-0.4, -0.2) is 39.5 Å². The quantitative estimate of drug-likeness (QED) is 0.529. The first-order chi connectivity index (χ1) is 14.9. The lowest BCUT2D eigenvalue weighted by molar-refractivity contribution is 0.0526. The summed E-state index contributed by atoms with van der Waals surface area (Å²) in [5.41, 5.74) is 2.49. The van der Waals surface area contributed by atoms with E-state index < -0.39 is 12.1 Å². The smallest absolute Gasteiger partial charge is 0.338 e. The number of aliphatic hydroxyl groups excluding tert-OH is 1. The van der Waals surface area contributed by atoms with Crippen LogP contribution < -0.4 is 10.4 Å². The Kier molecular flexibility index (Phi) is 7.17. The number of benzene rings is 2. The SMILES string of the molecule is CCOC(=O)c1ccc2c(c1)n(CC(O)COc1ccccc1C(C)C)c(=O)n2CC. The standard InChI is InChI=1S/C24H30N2O5/c1-5-25-20-12-11-17(23(28)30-6-2)13-21(20)26(24(25)29)14-18(27)15-31-22-10-8-7-9-19(22)16(3)4/h7-13,16,18,27H,5-6,14-15H2,1-4H3. The lowest BCUT2D eigenvalue weighted by Gasteiger charge is -2.17. The van der Waals surface area contributed by atoms with Crippen molar-refractivity contribution in [3.05, 3.63) is 64.1 Å². The summed E-state index contributed by atoms with van der Waals surface area (Å²) in [6.07, 6.45) is -0.903. The van der Waals surface area contributed by atoms with Gasteiger partial charge in [0.2, 0.25) is 0 Å². The van der Waals surface area contributed by atoms with Crippen molar-refractivity contribution in [3.63, 3.8) is 0 Å². The van der Waals surface area contributed by atoms with E-state index in [-0.39, 0.29) is 25.4 Å². The highest BCUT2D eigenvalue weighted by Gasteiger charge is 2.18.